The summed E-state index contributed by atoms with van der Waals surface area (Å²) in [5.41, 5.74) is 12.0. The molecule has 2 aromatic carbocycles. The van der Waals surface area contributed by atoms with Crippen LogP contribution in [-0.2, 0) is 11.8 Å². The zero-order valence-corrected chi connectivity index (χ0v) is 23.7. The lowest BCUT2D eigenvalue weighted by Gasteiger charge is -2.15. The number of aryl methyl sites for hydroxylation is 1. The number of carbonyl (C=O) groups excluding carboxylic acids is 2. The molecule has 5 rings (SSSR count). The summed E-state index contributed by atoms with van der Waals surface area (Å²) in [7, 11) is 5.83. The lowest BCUT2D eigenvalue weighted by molar-refractivity contribution is -0.111. The number of likely N-dealkylation sites (N-methyl/N-ethyl adjacent to an activating group) is 1. The van der Waals surface area contributed by atoms with Gasteiger partial charge in [-0.3, -0.25) is 9.59 Å². The molecule has 10 heteroatoms. The number of likely N-dealkylation sites (tertiary alicyclic amines) is 1. The van der Waals surface area contributed by atoms with Crippen molar-refractivity contribution < 1.29 is 9.59 Å². The lowest BCUT2D eigenvalue weighted by Crippen LogP contribution is -2.27. The van der Waals surface area contributed by atoms with E-state index in [1.54, 1.807) is 0 Å². The fourth-order valence-corrected chi connectivity index (χ4v) is 5.08. The van der Waals surface area contributed by atoms with E-state index in [1.165, 1.54) is 12.4 Å². The molecule has 0 aliphatic carbocycles. The second kappa shape index (κ2) is 12.3. The predicted octanol–water partition coefficient (Wildman–Crippen LogP) is 4.60. The van der Waals surface area contributed by atoms with E-state index in [0.717, 1.165) is 53.7 Å². The summed E-state index contributed by atoms with van der Waals surface area (Å²) in [6.45, 7) is 2.29. The first-order chi connectivity index (χ1) is 18.8. The highest BCUT2D eigenvalue weighted by Gasteiger charge is 2.23. The minimum Gasteiger partial charge on any atom is -0.383 e. The molecule has 3 heterocycles. The number of carbonyl (C=O) groups is 2. The first-order valence-corrected chi connectivity index (χ1v) is 13.0. The van der Waals surface area contributed by atoms with Gasteiger partial charge in [0.15, 0.2) is 0 Å². The summed E-state index contributed by atoms with van der Waals surface area (Å²) in [5.74, 6) is 0.243. The van der Waals surface area contributed by atoms with E-state index in [9.17, 15) is 9.59 Å². The van der Waals surface area contributed by atoms with Crippen LogP contribution in [0.5, 0.6) is 0 Å². The number of halogens is 1. The fourth-order valence-electron chi connectivity index (χ4n) is 5.08. The Labute approximate surface area is 240 Å². The Hall–Kier alpha value is -4.21. The van der Waals surface area contributed by atoms with Crippen molar-refractivity contribution in [1.82, 2.24) is 24.3 Å². The summed E-state index contributed by atoms with van der Waals surface area (Å²) < 4.78 is 1.99. The van der Waals surface area contributed by atoms with Gasteiger partial charge < -0.3 is 25.4 Å². The highest BCUT2D eigenvalue weighted by atomic mass is 35.5. The first-order valence-electron chi connectivity index (χ1n) is 13.0. The molecule has 9 nitrogen and oxygen atoms in total. The number of nitrogens with zero attached hydrogens (tertiary/aromatic N) is 5. The average Bonchev–Trinajstić information content (AvgIpc) is 3.56. The molecule has 1 aliphatic heterocycles. The summed E-state index contributed by atoms with van der Waals surface area (Å²) in [4.78, 5) is 38.1. The van der Waals surface area contributed by atoms with Crippen molar-refractivity contribution in [2.75, 3.05) is 44.8 Å². The minimum atomic E-state index is -0.195. The third-order valence-corrected chi connectivity index (χ3v) is 6.95. The fraction of sp³-hybridized carbons (Fsp3) is 0.267. The number of benzene rings is 2. The normalized spacial score (nSPS) is 13.2. The molecule has 0 unspecified atom stereocenters. The van der Waals surface area contributed by atoms with Gasteiger partial charge in [0.05, 0.1) is 11.1 Å². The van der Waals surface area contributed by atoms with Gasteiger partial charge in [0, 0.05) is 55.1 Å². The van der Waals surface area contributed by atoms with Crippen LogP contribution in [0.4, 0.5) is 11.5 Å². The van der Waals surface area contributed by atoms with E-state index in [2.05, 4.69) is 15.3 Å². The average molecular weight is 560 g/mol. The van der Waals surface area contributed by atoms with Crippen molar-refractivity contribution in [1.29, 1.82) is 0 Å². The lowest BCUT2D eigenvalue weighted by atomic mass is 9.97. The van der Waals surface area contributed by atoms with E-state index < -0.39 is 0 Å². The van der Waals surface area contributed by atoms with Crippen LogP contribution in [-0.4, -0.2) is 69.9 Å². The van der Waals surface area contributed by atoms with Crippen molar-refractivity contribution in [3.63, 3.8) is 0 Å². The van der Waals surface area contributed by atoms with Crippen LogP contribution in [0.1, 0.15) is 23.2 Å². The third kappa shape index (κ3) is 5.85. The van der Waals surface area contributed by atoms with Gasteiger partial charge in [-0.15, -0.1) is 12.4 Å². The van der Waals surface area contributed by atoms with Gasteiger partial charge >= 0.3 is 0 Å². The molecule has 0 saturated carbocycles. The van der Waals surface area contributed by atoms with E-state index in [-0.39, 0.29) is 24.2 Å². The largest absolute Gasteiger partial charge is 0.383 e. The number of rotatable bonds is 7. The number of nitrogens with two attached hydrogens (primary N) is 1. The molecule has 3 N–H and O–H groups in total. The van der Waals surface area contributed by atoms with Crippen LogP contribution >= 0.6 is 12.4 Å². The zero-order valence-electron chi connectivity index (χ0n) is 22.9. The highest BCUT2D eigenvalue weighted by molar-refractivity contribution is 6.08. The number of aromatic nitrogens is 3. The molecule has 1 aliphatic rings. The number of hydrogen-bond donors (Lipinski definition) is 2. The maximum absolute atomic E-state index is 12.9. The number of anilines is 2. The second-order valence-corrected chi connectivity index (χ2v) is 10.1. The smallest absolute Gasteiger partial charge is 0.253 e. The van der Waals surface area contributed by atoms with Gasteiger partial charge in [-0.25, -0.2) is 9.97 Å². The molecule has 0 spiro atoms. The van der Waals surface area contributed by atoms with E-state index in [1.807, 2.05) is 90.1 Å². The Morgan fingerprint density at radius 3 is 2.48 bits per heavy atom. The second-order valence-electron chi connectivity index (χ2n) is 10.1. The molecule has 1 saturated heterocycles. The Morgan fingerprint density at radius 1 is 1.05 bits per heavy atom. The standard InChI is InChI=1S/C30H33N7O2.ClH/c1-35(2)15-7-10-24(38)34-23-9-6-8-22(18-23)27-25(26-28(31)32-19-33-29(26)36(27)3)20-11-13-21(14-12-20)30(39)37-16-4-5-17-37;/h6-14,18-19H,4-5,15-17H2,1-3H3,(H,34,38)(H2,31,32,33);1H/b10-7+;. The number of hydrogen-bond acceptors (Lipinski definition) is 6. The minimum absolute atomic E-state index is 0. The summed E-state index contributed by atoms with van der Waals surface area (Å²) in [5, 5.41) is 3.69. The number of fused-ring (bicyclic) bond motifs is 1. The van der Waals surface area contributed by atoms with Gasteiger partial charge in [-0.2, -0.15) is 0 Å². The van der Waals surface area contributed by atoms with Crippen LogP contribution in [0.2, 0.25) is 0 Å². The van der Waals surface area contributed by atoms with Crippen molar-refractivity contribution >= 4 is 46.8 Å². The van der Waals surface area contributed by atoms with Gasteiger partial charge in [-0.1, -0.05) is 30.3 Å². The predicted molar refractivity (Wildman–Crippen MR) is 163 cm³/mol. The summed E-state index contributed by atoms with van der Waals surface area (Å²) in [6, 6.07) is 15.3. The molecule has 40 heavy (non-hydrogen) atoms. The quantitative estimate of drug-likeness (QED) is 0.320. The molecule has 4 aromatic rings. The van der Waals surface area contributed by atoms with Crippen LogP contribution in [0.15, 0.2) is 67.0 Å². The Balaban J connectivity index is 0.00000370. The molecule has 2 amide bonds. The Morgan fingerprint density at radius 2 is 1.77 bits per heavy atom. The summed E-state index contributed by atoms with van der Waals surface area (Å²) in [6.07, 6.45) is 6.92. The van der Waals surface area contributed by atoms with Gasteiger partial charge in [0.1, 0.15) is 17.8 Å². The maximum Gasteiger partial charge on any atom is 0.253 e. The zero-order chi connectivity index (χ0) is 27.5. The summed E-state index contributed by atoms with van der Waals surface area (Å²) >= 11 is 0. The molecule has 0 bridgehead atoms. The van der Waals surface area contributed by atoms with Gasteiger partial charge in [0.25, 0.3) is 5.91 Å². The van der Waals surface area contributed by atoms with Crippen molar-refractivity contribution in [3.05, 3.63) is 72.6 Å². The molecule has 208 valence electrons. The molecular formula is C30H34ClN7O2. The molecule has 0 radical (unpaired) electrons. The number of amides is 2. The van der Waals surface area contributed by atoms with Crippen molar-refractivity contribution in [2.45, 2.75) is 12.8 Å². The monoisotopic (exact) mass is 559 g/mol. The van der Waals surface area contributed by atoms with E-state index >= 15 is 0 Å². The number of nitrogens with one attached hydrogen (secondary N) is 1. The van der Waals surface area contributed by atoms with Gasteiger partial charge in [-0.05, 0) is 56.8 Å². The Bertz CT molecular complexity index is 1550. The van der Waals surface area contributed by atoms with Crippen molar-refractivity contribution in [2.24, 2.45) is 7.05 Å². The van der Waals surface area contributed by atoms with Crippen LogP contribution in [0.3, 0.4) is 0 Å². The van der Waals surface area contributed by atoms with E-state index in [0.29, 0.717) is 29.3 Å². The molecule has 2 aromatic heterocycles. The molecule has 0 atom stereocenters. The SMILES string of the molecule is CN(C)C/C=C/C(=O)Nc1cccc(-c2c(-c3ccc(C(=O)N4CCCC4)cc3)c3c(N)ncnc3n2C)c1.Cl. The first kappa shape index (κ1) is 28.8. The highest BCUT2D eigenvalue weighted by Crippen LogP contribution is 2.42. The van der Waals surface area contributed by atoms with Crippen LogP contribution in [0.25, 0.3) is 33.4 Å². The van der Waals surface area contributed by atoms with Gasteiger partial charge in [0.2, 0.25) is 5.91 Å². The third-order valence-electron chi connectivity index (χ3n) is 6.95. The van der Waals surface area contributed by atoms with Crippen molar-refractivity contribution in [3.8, 4) is 22.4 Å². The molecular weight excluding hydrogens is 526 g/mol. The molecule has 1 fully saturated rings. The topological polar surface area (TPSA) is 109 Å². The Kier molecular flexibility index (Phi) is 8.86. The van der Waals surface area contributed by atoms with Crippen LogP contribution in [0, 0.1) is 0 Å². The van der Waals surface area contributed by atoms with Crippen LogP contribution < -0.4 is 11.1 Å². The van der Waals surface area contributed by atoms with E-state index in [4.69, 9.17) is 5.73 Å². The maximum atomic E-state index is 12.9. The number of nitrogen functional groups attached to an aromatic ring is 1.